The van der Waals surface area contributed by atoms with Crippen LogP contribution in [0.5, 0.6) is 5.88 Å². The van der Waals surface area contributed by atoms with E-state index in [0.29, 0.717) is 18.5 Å². The molecule has 1 aromatic heterocycles. The van der Waals surface area contributed by atoms with Gasteiger partial charge in [0.2, 0.25) is 5.88 Å². The van der Waals surface area contributed by atoms with Crippen LogP contribution in [0.3, 0.4) is 0 Å². The molecule has 0 saturated carbocycles. The lowest BCUT2D eigenvalue weighted by Gasteiger charge is -2.22. The monoisotopic (exact) mass is 252 g/mol. The molecule has 1 rings (SSSR count). The minimum absolute atomic E-state index is 0.157. The molecule has 1 heterocycles. The van der Waals surface area contributed by atoms with Crippen molar-refractivity contribution in [1.82, 2.24) is 10.3 Å². The molecule has 1 atom stereocenters. The molecule has 1 unspecified atom stereocenters. The molecule has 102 valence electrons. The molecule has 0 fully saturated rings. The van der Waals surface area contributed by atoms with E-state index >= 15 is 0 Å². The van der Waals surface area contributed by atoms with Gasteiger partial charge in [-0.15, -0.1) is 0 Å². The number of aromatic nitrogens is 1. The van der Waals surface area contributed by atoms with E-state index in [0.717, 1.165) is 6.42 Å². The Labute approximate surface area is 110 Å². The van der Waals surface area contributed by atoms with Crippen LogP contribution in [-0.2, 0) is 4.74 Å². The molecule has 0 aliphatic heterocycles. The Bertz CT molecular complexity index is 367. The van der Waals surface area contributed by atoms with Gasteiger partial charge < -0.3 is 14.8 Å². The first-order valence-corrected chi connectivity index (χ1v) is 6.29. The molecule has 4 nitrogen and oxygen atoms in total. The molecule has 0 aliphatic rings. The Morgan fingerprint density at radius 2 is 2.17 bits per heavy atom. The number of hydrogen-bond donors (Lipinski definition) is 1. The maximum Gasteiger partial charge on any atom is 0.213 e. The van der Waals surface area contributed by atoms with E-state index in [9.17, 15) is 0 Å². The highest BCUT2D eigenvalue weighted by Crippen LogP contribution is 2.18. The van der Waals surface area contributed by atoms with Gasteiger partial charge in [0.25, 0.3) is 0 Å². The van der Waals surface area contributed by atoms with Crippen molar-refractivity contribution >= 4 is 0 Å². The summed E-state index contributed by atoms with van der Waals surface area (Å²) in [6.45, 7) is 6.80. The van der Waals surface area contributed by atoms with E-state index in [-0.39, 0.29) is 5.60 Å². The molecule has 0 radical (unpaired) electrons. The second-order valence-corrected chi connectivity index (χ2v) is 5.00. The molecule has 0 spiro atoms. The Morgan fingerprint density at radius 1 is 1.44 bits per heavy atom. The Morgan fingerprint density at radius 3 is 2.78 bits per heavy atom. The van der Waals surface area contributed by atoms with Crippen LogP contribution >= 0.6 is 0 Å². The number of pyridine rings is 1. The maximum atomic E-state index is 5.66. The average Bonchev–Trinajstić information content (AvgIpc) is 2.38. The van der Waals surface area contributed by atoms with E-state index in [1.54, 1.807) is 13.3 Å². The summed E-state index contributed by atoms with van der Waals surface area (Å²) >= 11 is 0. The summed E-state index contributed by atoms with van der Waals surface area (Å²) in [6.07, 6.45) is 2.61. The first-order valence-electron chi connectivity index (χ1n) is 6.29. The van der Waals surface area contributed by atoms with Gasteiger partial charge in [0.15, 0.2) is 0 Å². The zero-order valence-corrected chi connectivity index (χ0v) is 12.0. The summed E-state index contributed by atoms with van der Waals surface area (Å²) in [7, 11) is 3.65. The summed E-state index contributed by atoms with van der Waals surface area (Å²) in [5, 5.41) is 3.19. The van der Waals surface area contributed by atoms with E-state index in [2.05, 4.69) is 17.2 Å². The molecular weight excluding hydrogens is 228 g/mol. The molecule has 1 aromatic rings. The summed E-state index contributed by atoms with van der Waals surface area (Å²) in [6, 6.07) is 4.26. The Hall–Kier alpha value is -1.13. The lowest BCUT2D eigenvalue weighted by atomic mass is 10.1. The van der Waals surface area contributed by atoms with Gasteiger partial charge in [-0.05, 0) is 39.4 Å². The highest BCUT2D eigenvalue weighted by Gasteiger charge is 2.16. The predicted octanol–water partition coefficient (Wildman–Crippen LogP) is 2.56. The molecule has 0 aromatic carbocycles. The fourth-order valence-corrected chi connectivity index (χ4v) is 1.44. The molecular formula is C14H24N2O2. The van der Waals surface area contributed by atoms with Crippen molar-refractivity contribution < 1.29 is 9.47 Å². The van der Waals surface area contributed by atoms with Crippen LogP contribution in [0.15, 0.2) is 18.3 Å². The average molecular weight is 252 g/mol. The van der Waals surface area contributed by atoms with Crippen LogP contribution in [0.1, 0.15) is 38.8 Å². The molecule has 4 heteroatoms. The fourth-order valence-electron chi connectivity index (χ4n) is 1.44. The van der Waals surface area contributed by atoms with Gasteiger partial charge in [-0.1, -0.05) is 0 Å². The van der Waals surface area contributed by atoms with Crippen LogP contribution in [0.4, 0.5) is 0 Å². The molecule has 18 heavy (non-hydrogen) atoms. The summed E-state index contributed by atoms with van der Waals surface area (Å²) < 4.78 is 11.0. The number of ether oxygens (including phenoxy) is 2. The van der Waals surface area contributed by atoms with Gasteiger partial charge in [0.05, 0.1) is 12.2 Å². The van der Waals surface area contributed by atoms with Gasteiger partial charge in [-0.25, -0.2) is 4.98 Å². The van der Waals surface area contributed by atoms with Gasteiger partial charge in [-0.3, -0.25) is 0 Å². The minimum atomic E-state index is -0.157. The van der Waals surface area contributed by atoms with Crippen molar-refractivity contribution in [3.63, 3.8) is 0 Å². The third-order valence-corrected chi connectivity index (χ3v) is 3.20. The summed E-state index contributed by atoms with van der Waals surface area (Å²) in [5.74, 6) is 0.668. The number of methoxy groups -OCH3 is 1. The van der Waals surface area contributed by atoms with Gasteiger partial charge in [0, 0.05) is 31.8 Å². The fraction of sp³-hybridized carbons (Fsp3) is 0.643. The van der Waals surface area contributed by atoms with E-state index in [1.807, 2.05) is 33.0 Å². The lowest BCUT2D eigenvalue weighted by molar-refractivity contribution is 0.00508. The number of hydrogen-bond acceptors (Lipinski definition) is 4. The topological polar surface area (TPSA) is 43.4 Å². The standard InChI is InChI=1S/C14H24N2O2/c1-11(15-4)12-6-8-16-13(10-12)18-9-7-14(2,3)17-5/h6,8,10-11,15H,7,9H2,1-5H3. The summed E-state index contributed by atoms with van der Waals surface area (Å²) in [4.78, 5) is 4.21. The highest BCUT2D eigenvalue weighted by atomic mass is 16.5. The largest absolute Gasteiger partial charge is 0.478 e. The van der Waals surface area contributed by atoms with Crippen LogP contribution in [0.2, 0.25) is 0 Å². The SMILES string of the molecule is CNC(C)c1ccnc(OCCC(C)(C)OC)c1. The van der Waals surface area contributed by atoms with Crippen LogP contribution in [0.25, 0.3) is 0 Å². The van der Waals surface area contributed by atoms with Crippen LogP contribution < -0.4 is 10.1 Å². The predicted molar refractivity (Wildman–Crippen MR) is 72.9 cm³/mol. The molecule has 0 bridgehead atoms. The zero-order chi connectivity index (χ0) is 13.6. The smallest absolute Gasteiger partial charge is 0.213 e. The Balaban J connectivity index is 2.53. The first-order chi connectivity index (χ1) is 8.48. The van der Waals surface area contributed by atoms with Crippen LogP contribution in [0, 0.1) is 0 Å². The van der Waals surface area contributed by atoms with E-state index in [1.165, 1.54) is 5.56 Å². The second kappa shape index (κ2) is 6.71. The third-order valence-electron chi connectivity index (χ3n) is 3.20. The third kappa shape index (κ3) is 4.63. The molecule has 0 amide bonds. The zero-order valence-electron chi connectivity index (χ0n) is 12.0. The molecule has 0 aliphatic carbocycles. The van der Waals surface area contributed by atoms with Crippen molar-refractivity contribution in [2.45, 2.75) is 38.8 Å². The lowest BCUT2D eigenvalue weighted by Crippen LogP contribution is -2.25. The highest BCUT2D eigenvalue weighted by molar-refractivity contribution is 5.23. The molecule has 0 saturated heterocycles. The summed E-state index contributed by atoms with van der Waals surface area (Å²) in [5.41, 5.74) is 1.02. The first kappa shape index (κ1) is 14.9. The quantitative estimate of drug-likeness (QED) is 0.810. The number of rotatable bonds is 7. The van der Waals surface area contributed by atoms with E-state index in [4.69, 9.17) is 9.47 Å². The Kier molecular flexibility index (Phi) is 5.56. The van der Waals surface area contributed by atoms with Crippen molar-refractivity contribution in [3.05, 3.63) is 23.9 Å². The van der Waals surface area contributed by atoms with Gasteiger partial charge in [-0.2, -0.15) is 0 Å². The van der Waals surface area contributed by atoms with Crippen LogP contribution in [-0.4, -0.2) is 31.3 Å². The number of nitrogens with one attached hydrogen (secondary N) is 1. The van der Waals surface area contributed by atoms with Crippen molar-refractivity contribution in [2.75, 3.05) is 20.8 Å². The van der Waals surface area contributed by atoms with Gasteiger partial charge in [0.1, 0.15) is 0 Å². The van der Waals surface area contributed by atoms with Crippen molar-refractivity contribution in [3.8, 4) is 5.88 Å². The van der Waals surface area contributed by atoms with E-state index < -0.39 is 0 Å². The van der Waals surface area contributed by atoms with Crippen molar-refractivity contribution in [2.24, 2.45) is 0 Å². The van der Waals surface area contributed by atoms with Crippen molar-refractivity contribution in [1.29, 1.82) is 0 Å². The second-order valence-electron chi connectivity index (χ2n) is 5.00. The normalized spacial score (nSPS) is 13.4. The maximum absolute atomic E-state index is 5.66. The number of nitrogens with zero attached hydrogens (tertiary/aromatic N) is 1. The minimum Gasteiger partial charge on any atom is -0.478 e. The molecule has 1 N–H and O–H groups in total. The van der Waals surface area contributed by atoms with Gasteiger partial charge >= 0.3 is 0 Å².